The topological polar surface area (TPSA) is 25.8 Å². The minimum atomic E-state index is 1.06. The van der Waals surface area contributed by atoms with E-state index in [-0.39, 0.29) is 0 Å². The normalized spacial score (nSPS) is 10.3. The summed E-state index contributed by atoms with van der Waals surface area (Å²) in [5.41, 5.74) is 3.50. The van der Waals surface area contributed by atoms with E-state index in [4.69, 9.17) is 0 Å². The van der Waals surface area contributed by atoms with Gasteiger partial charge in [-0.1, -0.05) is 43.7 Å². The van der Waals surface area contributed by atoms with E-state index < -0.39 is 0 Å². The Morgan fingerprint density at radius 2 is 1.94 bits per heavy atom. The molecule has 2 heteroatoms. The van der Waals surface area contributed by atoms with Gasteiger partial charge in [-0.3, -0.25) is 0 Å². The predicted molar refractivity (Wildman–Crippen MR) is 66.1 cm³/mol. The van der Waals surface area contributed by atoms with Crippen LogP contribution in [0, 0.1) is 0 Å². The minimum Gasteiger partial charge on any atom is -0.244 e. The van der Waals surface area contributed by atoms with Crippen molar-refractivity contribution in [3.8, 4) is 11.3 Å². The van der Waals surface area contributed by atoms with Crippen molar-refractivity contribution in [1.29, 1.82) is 0 Å². The molecule has 82 valence electrons. The highest BCUT2D eigenvalue weighted by Crippen LogP contribution is 2.21. The van der Waals surface area contributed by atoms with E-state index in [0.717, 1.165) is 12.1 Å². The molecule has 0 fully saturated rings. The highest BCUT2D eigenvalue weighted by atomic mass is 14.8. The summed E-state index contributed by atoms with van der Waals surface area (Å²) in [6.45, 7) is 2.20. The van der Waals surface area contributed by atoms with Gasteiger partial charge in [0.15, 0.2) is 0 Å². The molecule has 16 heavy (non-hydrogen) atoms. The zero-order valence-electron chi connectivity index (χ0n) is 9.56. The lowest BCUT2D eigenvalue weighted by Crippen LogP contribution is -1.94. The molecule has 1 aromatic heterocycles. The summed E-state index contributed by atoms with van der Waals surface area (Å²) >= 11 is 0. The number of unbranched alkanes of at least 4 members (excludes halogenated alkanes) is 1. The smallest absolute Gasteiger partial charge is 0.116 e. The molecule has 2 nitrogen and oxygen atoms in total. The number of benzene rings is 1. The number of hydrogen-bond donors (Lipinski definition) is 0. The molecule has 2 aromatic rings. The molecule has 0 aliphatic carbocycles. The van der Waals surface area contributed by atoms with Gasteiger partial charge in [-0.2, -0.15) is 0 Å². The maximum Gasteiger partial charge on any atom is 0.116 e. The van der Waals surface area contributed by atoms with E-state index >= 15 is 0 Å². The molecule has 0 radical (unpaired) electrons. The Bertz CT molecular complexity index is 437. The van der Waals surface area contributed by atoms with Crippen LogP contribution in [-0.2, 0) is 6.42 Å². The van der Waals surface area contributed by atoms with Crippen molar-refractivity contribution in [3.05, 3.63) is 48.4 Å². The number of rotatable bonds is 4. The van der Waals surface area contributed by atoms with E-state index in [1.54, 1.807) is 6.33 Å². The van der Waals surface area contributed by atoms with Gasteiger partial charge in [0.2, 0.25) is 0 Å². The third kappa shape index (κ3) is 2.45. The molecule has 0 amide bonds. The van der Waals surface area contributed by atoms with Gasteiger partial charge in [0, 0.05) is 11.8 Å². The van der Waals surface area contributed by atoms with Gasteiger partial charge in [-0.25, -0.2) is 9.97 Å². The van der Waals surface area contributed by atoms with Gasteiger partial charge < -0.3 is 0 Å². The lowest BCUT2D eigenvalue weighted by molar-refractivity contribution is 0.789. The van der Waals surface area contributed by atoms with E-state index in [1.165, 1.54) is 24.0 Å². The van der Waals surface area contributed by atoms with Crippen LogP contribution in [0.3, 0.4) is 0 Å². The van der Waals surface area contributed by atoms with Crippen LogP contribution in [0.25, 0.3) is 11.3 Å². The van der Waals surface area contributed by atoms with Crippen molar-refractivity contribution in [2.75, 3.05) is 0 Å². The van der Waals surface area contributed by atoms with Gasteiger partial charge in [-0.05, 0) is 18.4 Å². The van der Waals surface area contributed by atoms with Gasteiger partial charge >= 0.3 is 0 Å². The highest BCUT2D eigenvalue weighted by molar-refractivity contribution is 5.62. The van der Waals surface area contributed by atoms with Crippen LogP contribution in [0.5, 0.6) is 0 Å². The first kappa shape index (κ1) is 10.8. The predicted octanol–water partition coefficient (Wildman–Crippen LogP) is 3.49. The summed E-state index contributed by atoms with van der Waals surface area (Å²) in [5.74, 6) is 0. The molecule has 0 saturated heterocycles. The summed E-state index contributed by atoms with van der Waals surface area (Å²) in [5, 5.41) is 0. The summed E-state index contributed by atoms with van der Waals surface area (Å²) in [7, 11) is 0. The number of hydrogen-bond acceptors (Lipinski definition) is 2. The zero-order chi connectivity index (χ0) is 11.2. The average molecular weight is 212 g/mol. The fourth-order valence-electron chi connectivity index (χ4n) is 1.76. The highest BCUT2D eigenvalue weighted by Gasteiger charge is 2.05. The van der Waals surface area contributed by atoms with Crippen LogP contribution in [0.1, 0.15) is 25.3 Å². The molecule has 1 heterocycles. The van der Waals surface area contributed by atoms with Gasteiger partial charge in [0.1, 0.15) is 6.33 Å². The van der Waals surface area contributed by atoms with E-state index in [0.29, 0.717) is 0 Å². The number of nitrogens with zero attached hydrogens (tertiary/aromatic N) is 2. The molecule has 0 spiro atoms. The molecule has 2 rings (SSSR count). The van der Waals surface area contributed by atoms with Gasteiger partial charge in [-0.15, -0.1) is 0 Å². The van der Waals surface area contributed by atoms with Crippen molar-refractivity contribution in [2.24, 2.45) is 0 Å². The van der Waals surface area contributed by atoms with Crippen LogP contribution >= 0.6 is 0 Å². The molecule has 0 bridgehead atoms. The van der Waals surface area contributed by atoms with E-state index in [1.807, 2.05) is 24.4 Å². The van der Waals surface area contributed by atoms with Gasteiger partial charge in [0.25, 0.3) is 0 Å². The molecule has 0 atom stereocenters. The van der Waals surface area contributed by atoms with E-state index in [2.05, 4.69) is 29.0 Å². The Morgan fingerprint density at radius 1 is 1.12 bits per heavy atom. The van der Waals surface area contributed by atoms with Crippen LogP contribution in [0.15, 0.2) is 42.9 Å². The molecule has 1 aromatic carbocycles. The van der Waals surface area contributed by atoms with Crippen LogP contribution in [0.2, 0.25) is 0 Å². The summed E-state index contributed by atoms with van der Waals surface area (Å²) in [4.78, 5) is 8.50. The fourth-order valence-corrected chi connectivity index (χ4v) is 1.76. The second-order valence-corrected chi connectivity index (χ2v) is 3.87. The molecule has 0 unspecified atom stereocenters. The lowest BCUT2D eigenvalue weighted by atomic mass is 10.0. The van der Waals surface area contributed by atoms with Crippen LogP contribution in [-0.4, -0.2) is 9.97 Å². The third-order valence-electron chi connectivity index (χ3n) is 2.63. The number of aromatic nitrogens is 2. The second-order valence-electron chi connectivity index (χ2n) is 3.87. The second kappa shape index (κ2) is 5.40. The molecular weight excluding hydrogens is 196 g/mol. The maximum atomic E-state index is 4.39. The first-order valence-corrected chi connectivity index (χ1v) is 5.76. The fraction of sp³-hybridized carbons (Fsp3) is 0.286. The lowest BCUT2D eigenvalue weighted by Gasteiger charge is -2.06. The average Bonchev–Trinajstić information content (AvgIpc) is 2.38. The van der Waals surface area contributed by atoms with Crippen LogP contribution < -0.4 is 0 Å². The summed E-state index contributed by atoms with van der Waals surface area (Å²) < 4.78 is 0. The Balaban J connectivity index is 2.33. The van der Waals surface area contributed by atoms with Crippen molar-refractivity contribution in [1.82, 2.24) is 9.97 Å². The van der Waals surface area contributed by atoms with E-state index in [9.17, 15) is 0 Å². The Morgan fingerprint density at radius 3 is 2.69 bits per heavy atom. The van der Waals surface area contributed by atoms with Crippen molar-refractivity contribution >= 4 is 0 Å². The zero-order valence-corrected chi connectivity index (χ0v) is 9.56. The van der Waals surface area contributed by atoms with Crippen molar-refractivity contribution < 1.29 is 0 Å². The molecule has 0 aliphatic heterocycles. The maximum absolute atomic E-state index is 4.39. The first-order chi connectivity index (χ1) is 7.92. The molecule has 0 saturated carbocycles. The Labute approximate surface area is 96.4 Å². The Kier molecular flexibility index (Phi) is 3.65. The minimum absolute atomic E-state index is 1.06. The Hall–Kier alpha value is -1.70. The monoisotopic (exact) mass is 212 g/mol. The molecule has 0 N–H and O–H groups in total. The van der Waals surface area contributed by atoms with Gasteiger partial charge in [0.05, 0.1) is 5.69 Å². The standard InChI is InChI=1S/C14H16N2/c1-2-3-7-13-10-15-11-16-14(13)12-8-5-4-6-9-12/h4-6,8-11H,2-3,7H2,1H3. The summed E-state index contributed by atoms with van der Waals surface area (Å²) in [6, 6.07) is 10.3. The molecule has 0 aliphatic rings. The van der Waals surface area contributed by atoms with Crippen LogP contribution in [0.4, 0.5) is 0 Å². The first-order valence-electron chi connectivity index (χ1n) is 5.76. The molecular formula is C14H16N2. The third-order valence-corrected chi connectivity index (χ3v) is 2.63. The number of aryl methyl sites for hydroxylation is 1. The summed E-state index contributed by atoms with van der Waals surface area (Å²) in [6.07, 6.45) is 7.00. The van der Waals surface area contributed by atoms with Crippen molar-refractivity contribution in [3.63, 3.8) is 0 Å². The largest absolute Gasteiger partial charge is 0.244 e. The SMILES string of the molecule is CCCCc1cncnc1-c1ccccc1. The van der Waals surface area contributed by atoms with Crippen molar-refractivity contribution in [2.45, 2.75) is 26.2 Å². The quantitative estimate of drug-likeness (QED) is 0.775.